The summed E-state index contributed by atoms with van der Waals surface area (Å²) in [6, 6.07) is 6.10. The highest BCUT2D eigenvalue weighted by Gasteiger charge is 2.15. The van der Waals surface area contributed by atoms with Crippen LogP contribution in [0.3, 0.4) is 0 Å². The molecule has 0 unspecified atom stereocenters. The van der Waals surface area contributed by atoms with Crippen LogP contribution < -0.4 is 5.32 Å². The molecule has 5 nitrogen and oxygen atoms in total. The highest BCUT2D eigenvalue weighted by Crippen LogP contribution is 2.19. The fourth-order valence-electron chi connectivity index (χ4n) is 1.36. The first-order chi connectivity index (χ1) is 7.94. The zero-order chi connectivity index (χ0) is 12.5. The van der Waals surface area contributed by atoms with Gasteiger partial charge in [-0.2, -0.15) is 0 Å². The number of nitrogens with zero attached hydrogens (tertiary/aromatic N) is 3. The zero-order valence-corrected chi connectivity index (χ0v) is 10.5. The third-order valence-corrected chi connectivity index (χ3v) is 2.01. The van der Waals surface area contributed by atoms with Crippen LogP contribution in [-0.2, 0) is 0 Å². The molecule has 2 heterocycles. The van der Waals surface area contributed by atoms with E-state index in [4.69, 9.17) is 4.42 Å². The van der Waals surface area contributed by atoms with Gasteiger partial charge in [0.15, 0.2) is 0 Å². The lowest BCUT2D eigenvalue weighted by molar-refractivity contribution is 0.537. The Morgan fingerprint density at radius 2 is 1.94 bits per heavy atom. The molecule has 0 aliphatic rings. The zero-order valence-electron chi connectivity index (χ0n) is 10.5. The van der Waals surface area contributed by atoms with Gasteiger partial charge in [0.25, 0.3) is 5.89 Å². The first-order valence-corrected chi connectivity index (χ1v) is 5.50. The van der Waals surface area contributed by atoms with Crippen molar-refractivity contribution in [1.29, 1.82) is 0 Å². The Hall–Kier alpha value is -1.91. The maximum Gasteiger partial charge on any atom is 0.316 e. The van der Waals surface area contributed by atoms with Gasteiger partial charge in [0.1, 0.15) is 5.69 Å². The number of nitrogens with one attached hydrogen (secondary N) is 1. The Morgan fingerprint density at radius 3 is 2.59 bits per heavy atom. The van der Waals surface area contributed by atoms with E-state index in [0.717, 1.165) is 5.69 Å². The first kappa shape index (κ1) is 11.6. The Bertz CT molecular complexity index is 513. The van der Waals surface area contributed by atoms with Gasteiger partial charge in [-0.1, -0.05) is 11.2 Å². The molecule has 0 aromatic carbocycles. The molecule has 2 rings (SSSR count). The second-order valence-corrected chi connectivity index (χ2v) is 4.95. The van der Waals surface area contributed by atoms with E-state index in [1.807, 2.05) is 45.9 Å². The second kappa shape index (κ2) is 4.16. The summed E-state index contributed by atoms with van der Waals surface area (Å²) in [6.07, 6.45) is 0. The van der Waals surface area contributed by atoms with Crippen LogP contribution in [0.15, 0.2) is 22.6 Å². The molecule has 0 spiro atoms. The van der Waals surface area contributed by atoms with E-state index in [0.29, 0.717) is 17.6 Å². The van der Waals surface area contributed by atoms with Gasteiger partial charge in [0.05, 0.1) is 0 Å². The third kappa shape index (κ3) is 3.03. The summed E-state index contributed by atoms with van der Waals surface area (Å²) in [5.74, 6) is 0.431. The second-order valence-electron chi connectivity index (χ2n) is 4.95. The van der Waals surface area contributed by atoms with E-state index < -0.39 is 0 Å². The van der Waals surface area contributed by atoms with E-state index in [1.165, 1.54) is 0 Å². The maximum absolute atomic E-state index is 5.50. The van der Waals surface area contributed by atoms with E-state index in [2.05, 4.69) is 20.5 Å². The summed E-state index contributed by atoms with van der Waals surface area (Å²) < 4.78 is 5.50. The summed E-state index contributed by atoms with van der Waals surface area (Å²) in [6.45, 7) is 8.01. The number of aromatic nitrogens is 3. The molecular formula is C12H16N4O. The lowest BCUT2D eigenvalue weighted by Crippen LogP contribution is -2.26. The molecule has 2 aromatic rings. The van der Waals surface area contributed by atoms with Crippen LogP contribution in [0.2, 0.25) is 0 Å². The largest absolute Gasteiger partial charge is 0.402 e. The van der Waals surface area contributed by atoms with E-state index in [1.54, 1.807) is 0 Å². The van der Waals surface area contributed by atoms with Crippen LogP contribution in [-0.4, -0.2) is 20.7 Å². The minimum Gasteiger partial charge on any atom is -0.402 e. The number of rotatable bonds is 2. The molecule has 0 fully saturated rings. The fourth-order valence-corrected chi connectivity index (χ4v) is 1.36. The van der Waals surface area contributed by atoms with Crippen LogP contribution in [0.1, 0.15) is 26.5 Å². The summed E-state index contributed by atoms with van der Waals surface area (Å²) >= 11 is 0. The van der Waals surface area contributed by atoms with Crippen molar-refractivity contribution in [2.75, 3.05) is 5.32 Å². The van der Waals surface area contributed by atoms with Gasteiger partial charge in [0, 0.05) is 11.2 Å². The number of pyridine rings is 1. The normalized spacial score (nSPS) is 11.5. The molecule has 0 aliphatic carbocycles. The van der Waals surface area contributed by atoms with Crippen molar-refractivity contribution in [2.45, 2.75) is 33.2 Å². The van der Waals surface area contributed by atoms with Crippen LogP contribution in [0.5, 0.6) is 0 Å². The van der Waals surface area contributed by atoms with Gasteiger partial charge in [-0.3, -0.25) is 0 Å². The Morgan fingerprint density at radius 1 is 1.18 bits per heavy atom. The minimum atomic E-state index is -0.107. The molecule has 0 saturated carbocycles. The Labute approximate surface area is 100 Å². The van der Waals surface area contributed by atoms with Gasteiger partial charge in [-0.05, 0) is 39.8 Å². The molecule has 0 amide bonds. The average Bonchev–Trinajstić information content (AvgIpc) is 2.63. The van der Waals surface area contributed by atoms with Crippen molar-refractivity contribution in [2.24, 2.45) is 0 Å². The molecule has 0 saturated heterocycles. The van der Waals surface area contributed by atoms with E-state index >= 15 is 0 Å². The first-order valence-electron chi connectivity index (χ1n) is 5.50. The van der Waals surface area contributed by atoms with Crippen molar-refractivity contribution >= 4 is 6.01 Å². The average molecular weight is 232 g/mol. The third-order valence-electron chi connectivity index (χ3n) is 2.01. The highest BCUT2D eigenvalue weighted by molar-refractivity contribution is 5.47. The lowest BCUT2D eigenvalue weighted by Gasteiger charge is -2.17. The molecule has 17 heavy (non-hydrogen) atoms. The highest BCUT2D eigenvalue weighted by atomic mass is 16.4. The van der Waals surface area contributed by atoms with Crippen molar-refractivity contribution in [3.63, 3.8) is 0 Å². The molecule has 0 aliphatic heterocycles. The maximum atomic E-state index is 5.50. The van der Waals surface area contributed by atoms with E-state index in [9.17, 15) is 0 Å². The predicted molar refractivity (Wildman–Crippen MR) is 65.6 cm³/mol. The topological polar surface area (TPSA) is 63.8 Å². The molecule has 0 atom stereocenters. The van der Waals surface area contributed by atoms with Gasteiger partial charge in [-0.25, -0.2) is 4.98 Å². The van der Waals surface area contributed by atoms with Crippen molar-refractivity contribution in [3.05, 3.63) is 23.9 Å². The van der Waals surface area contributed by atoms with Crippen LogP contribution in [0.4, 0.5) is 6.01 Å². The van der Waals surface area contributed by atoms with Gasteiger partial charge < -0.3 is 9.73 Å². The fraction of sp³-hybridized carbons (Fsp3) is 0.417. The standard InChI is InChI=1S/C12H16N4O/c1-8-6-5-7-9(13-8)10-15-16-11(17-10)14-12(2,3)4/h5-7H,1-4H3,(H,14,16). The molecule has 0 radical (unpaired) electrons. The molecule has 1 N–H and O–H groups in total. The monoisotopic (exact) mass is 232 g/mol. The number of hydrogen-bond donors (Lipinski definition) is 1. The minimum absolute atomic E-state index is 0.107. The number of anilines is 1. The smallest absolute Gasteiger partial charge is 0.316 e. The SMILES string of the molecule is Cc1cccc(-c2nnc(NC(C)(C)C)o2)n1. The summed E-state index contributed by atoms with van der Waals surface area (Å²) in [4.78, 5) is 4.33. The number of hydrogen-bond acceptors (Lipinski definition) is 5. The van der Waals surface area contributed by atoms with Gasteiger partial charge in [0.2, 0.25) is 0 Å². The molecule has 0 bridgehead atoms. The lowest BCUT2D eigenvalue weighted by atomic mass is 10.1. The van der Waals surface area contributed by atoms with E-state index in [-0.39, 0.29) is 5.54 Å². The quantitative estimate of drug-likeness (QED) is 0.862. The summed E-state index contributed by atoms with van der Waals surface area (Å²) in [5.41, 5.74) is 1.51. The Balaban J connectivity index is 2.24. The van der Waals surface area contributed by atoms with Crippen LogP contribution in [0, 0.1) is 6.92 Å². The van der Waals surface area contributed by atoms with Crippen LogP contribution in [0.25, 0.3) is 11.6 Å². The molecule has 2 aromatic heterocycles. The molecular weight excluding hydrogens is 216 g/mol. The van der Waals surface area contributed by atoms with Gasteiger partial charge >= 0.3 is 6.01 Å². The predicted octanol–water partition coefficient (Wildman–Crippen LogP) is 2.65. The van der Waals surface area contributed by atoms with Crippen molar-refractivity contribution < 1.29 is 4.42 Å². The van der Waals surface area contributed by atoms with Crippen molar-refractivity contribution in [1.82, 2.24) is 15.2 Å². The van der Waals surface area contributed by atoms with Crippen molar-refractivity contribution in [3.8, 4) is 11.6 Å². The van der Waals surface area contributed by atoms with Crippen LogP contribution >= 0.6 is 0 Å². The molecule has 5 heteroatoms. The van der Waals surface area contributed by atoms with Gasteiger partial charge in [-0.15, -0.1) is 5.10 Å². The summed E-state index contributed by atoms with van der Waals surface area (Å²) in [7, 11) is 0. The summed E-state index contributed by atoms with van der Waals surface area (Å²) in [5, 5.41) is 11.0. The number of aryl methyl sites for hydroxylation is 1. The molecule has 90 valence electrons. The Kier molecular flexibility index (Phi) is 2.83.